The third-order valence-corrected chi connectivity index (χ3v) is 4.43. The molecule has 0 aromatic heterocycles. The third kappa shape index (κ3) is 4.27. The van der Waals surface area contributed by atoms with Crippen LogP contribution in [-0.2, 0) is 16.0 Å². The summed E-state index contributed by atoms with van der Waals surface area (Å²) >= 11 is 5.77. The van der Waals surface area contributed by atoms with Gasteiger partial charge >= 0.3 is 0 Å². The molecule has 1 aromatic rings. The van der Waals surface area contributed by atoms with Crippen LogP contribution in [0, 0.1) is 11.7 Å². The van der Waals surface area contributed by atoms with E-state index in [1.54, 1.807) is 12.1 Å². The third-order valence-electron chi connectivity index (χ3n) is 4.14. The highest BCUT2D eigenvalue weighted by molar-refractivity contribution is 6.30. The summed E-state index contributed by atoms with van der Waals surface area (Å²) in [6.45, 7) is 2.40. The Morgan fingerprint density at radius 2 is 2.10 bits per heavy atom. The lowest BCUT2D eigenvalue weighted by Gasteiger charge is -2.29. The van der Waals surface area contributed by atoms with Gasteiger partial charge in [-0.3, -0.25) is 4.79 Å². The van der Waals surface area contributed by atoms with E-state index in [2.05, 4.69) is 0 Å². The van der Waals surface area contributed by atoms with Crippen LogP contribution in [0.5, 0.6) is 0 Å². The fraction of sp³-hybridized carbons (Fsp3) is 0.588. The highest BCUT2D eigenvalue weighted by Gasteiger charge is 2.30. The lowest BCUT2D eigenvalue weighted by atomic mass is 9.82. The Balaban J connectivity index is 2.09. The number of benzene rings is 1. The number of hydrogen-bond donors (Lipinski definition) is 0. The van der Waals surface area contributed by atoms with Crippen molar-refractivity contribution in [3.05, 3.63) is 34.6 Å². The molecular formula is C17H22ClFO2. The molecule has 0 N–H and O–H groups in total. The molecule has 2 rings (SSSR count). The van der Waals surface area contributed by atoms with Gasteiger partial charge in [0.15, 0.2) is 5.78 Å². The Morgan fingerprint density at radius 1 is 1.38 bits per heavy atom. The first-order chi connectivity index (χ1) is 10.1. The first kappa shape index (κ1) is 16.4. The molecule has 0 bridgehead atoms. The number of rotatable bonds is 6. The van der Waals surface area contributed by atoms with E-state index in [-0.39, 0.29) is 23.1 Å². The van der Waals surface area contributed by atoms with Gasteiger partial charge in [-0.25, -0.2) is 4.39 Å². The highest BCUT2D eigenvalue weighted by atomic mass is 35.5. The van der Waals surface area contributed by atoms with Crippen molar-refractivity contribution in [2.45, 2.75) is 51.6 Å². The predicted octanol–water partition coefficient (Wildman–Crippen LogP) is 4.58. The van der Waals surface area contributed by atoms with E-state index >= 15 is 0 Å². The molecule has 0 heterocycles. The van der Waals surface area contributed by atoms with Crippen molar-refractivity contribution in [2.75, 3.05) is 6.61 Å². The van der Waals surface area contributed by atoms with Gasteiger partial charge in [-0.1, -0.05) is 43.0 Å². The van der Waals surface area contributed by atoms with Crippen LogP contribution in [0.25, 0.3) is 0 Å². The monoisotopic (exact) mass is 312 g/mol. The van der Waals surface area contributed by atoms with Crippen LogP contribution >= 0.6 is 11.6 Å². The fourth-order valence-corrected chi connectivity index (χ4v) is 3.28. The molecule has 1 saturated carbocycles. The van der Waals surface area contributed by atoms with E-state index in [0.29, 0.717) is 12.2 Å². The van der Waals surface area contributed by atoms with Gasteiger partial charge in [0.2, 0.25) is 0 Å². The zero-order valence-electron chi connectivity index (χ0n) is 12.4. The molecule has 4 heteroatoms. The van der Waals surface area contributed by atoms with Crippen LogP contribution in [0.1, 0.15) is 44.6 Å². The van der Waals surface area contributed by atoms with E-state index in [4.69, 9.17) is 16.3 Å². The van der Waals surface area contributed by atoms with E-state index in [0.717, 1.165) is 25.7 Å². The first-order valence-corrected chi connectivity index (χ1v) is 8.08. The van der Waals surface area contributed by atoms with Gasteiger partial charge in [0.25, 0.3) is 0 Å². The minimum atomic E-state index is -0.494. The van der Waals surface area contributed by atoms with Gasteiger partial charge in [0.1, 0.15) is 11.9 Å². The zero-order chi connectivity index (χ0) is 15.2. The highest BCUT2D eigenvalue weighted by Crippen LogP contribution is 2.29. The zero-order valence-corrected chi connectivity index (χ0v) is 13.2. The second-order valence-electron chi connectivity index (χ2n) is 5.63. The second kappa shape index (κ2) is 7.90. The summed E-state index contributed by atoms with van der Waals surface area (Å²) in [6, 6.07) is 4.78. The molecule has 0 spiro atoms. The average molecular weight is 313 g/mol. The maximum absolute atomic E-state index is 13.9. The predicted molar refractivity (Wildman–Crippen MR) is 82.1 cm³/mol. The van der Waals surface area contributed by atoms with Crippen LogP contribution < -0.4 is 0 Å². The molecule has 1 atom stereocenters. The van der Waals surface area contributed by atoms with Crippen molar-refractivity contribution in [3.8, 4) is 0 Å². The lowest BCUT2D eigenvalue weighted by Crippen LogP contribution is -2.35. The number of ether oxygens (including phenoxy) is 1. The molecule has 0 amide bonds. The van der Waals surface area contributed by atoms with Crippen molar-refractivity contribution in [1.82, 2.24) is 0 Å². The largest absolute Gasteiger partial charge is 0.370 e. The van der Waals surface area contributed by atoms with Crippen molar-refractivity contribution >= 4 is 17.4 Å². The second-order valence-corrected chi connectivity index (χ2v) is 6.04. The van der Waals surface area contributed by atoms with Crippen molar-refractivity contribution < 1.29 is 13.9 Å². The molecule has 2 nitrogen and oxygen atoms in total. The molecule has 1 aliphatic carbocycles. The molecule has 0 radical (unpaired) electrons. The Hall–Kier alpha value is -0.930. The minimum Gasteiger partial charge on any atom is -0.370 e. The number of carbonyl (C=O) groups excluding carboxylic acids is 1. The maximum atomic E-state index is 13.9. The fourth-order valence-electron chi connectivity index (χ4n) is 3.08. The number of hydrogen-bond acceptors (Lipinski definition) is 2. The quantitative estimate of drug-likeness (QED) is 0.768. The summed E-state index contributed by atoms with van der Waals surface area (Å²) in [6.07, 6.45) is 5.21. The van der Waals surface area contributed by atoms with Gasteiger partial charge in [0.05, 0.1) is 5.02 Å². The SMILES string of the molecule is CCOC(C(=O)Cc1cccc(Cl)c1F)C1CCCCC1. The van der Waals surface area contributed by atoms with Gasteiger partial charge in [-0.15, -0.1) is 0 Å². The molecule has 0 aliphatic heterocycles. The van der Waals surface area contributed by atoms with E-state index in [9.17, 15) is 9.18 Å². The molecule has 1 fully saturated rings. The lowest BCUT2D eigenvalue weighted by molar-refractivity contribution is -0.134. The summed E-state index contributed by atoms with van der Waals surface area (Å²) in [4.78, 5) is 12.5. The molecule has 1 aromatic carbocycles. The molecule has 0 saturated heterocycles. The van der Waals surface area contributed by atoms with Crippen LogP contribution in [0.2, 0.25) is 5.02 Å². The van der Waals surface area contributed by atoms with Gasteiger partial charge in [0, 0.05) is 13.0 Å². The van der Waals surface area contributed by atoms with Gasteiger partial charge in [-0.2, -0.15) is 0 Å². The average Bonchev–Trinajstić information content (AvgIpc) is 2.50. The molecule has 21 heavy (non-hydrogen) atoms. The van der Waals surface area contributed by atoms with Gasteiger partial charge < -0.3 is 4.74 Å². The summed E-state index contributed by atoms with van der Waals surface area (Å²) < 4.78 is 19.6. The Bertz CT molecular complexity index is 484. The standard InChI is InChI=1S/C17H22ClFO2/c1-2-21-17(12-7-4-3-5-8-12)15(20)11-13-9-6-10-14(18)16(13)19/h6,9-10,12,17H,2-5,7-8,11H2,1H3. The normalized spacial score (nSPS) is 17.7. The molecular weight excluding hydrogens is 291 g/mol. The summed E-state index contributed by atoms with van der Waals surface area (Å²) in [5.41, 5.74) is 0.355. The van der Waals surface area contributed by atoms with Crippen LogP contribution in [0.3, 0.4) is 0 Å². The minimum absolute atomic E-state index is 0.0371. The molecule has 1 unspecified atom stereocenters. The summed E-state index contributed by atoms with van der Waals surface area (Å²) in [7, 11) is 0. The van der Waals surface area contributed by atoms with E-state index in [1.807, 2.05) is 6.92 Å². The molecule has 1 aliphatic rings. The Kier molecular flexibility index (Phi) is 6.19. The Labute approximate surface area is 130 Å². The summed E-state index contributed by atoms with van der Waals surface area (Å²) in [5.74, 6) is -0.259. The van der Waals surface area contributed by atoms with Crippen molar-refractivity contribution in [2.24, 2.45) is 5.92 Å². The molecule has 116 valence electrons. The first-order valence-electron chi connectivity index (χ1n) is 7.70. The topological polar surface area (TPSA) is 26.3 Å². The maximum Gasteiger partial charge on any atom is 0.166 e. The van der Waals surface area contributed by atoms with Crippen molar-refractivity contribution in [1.29, 1.82) is 0 Å². The van der Waals surface area contributed by atoms with E-state index in [1.165, 1.54) is 12.5 Å². The number of ketones is 1. The number of Topliss-reactive ketones (excluding diaryl/α,β-unsaturated/α-hetero) is 1. The van der Waals surface area contributed by atoms with Crippen molar-refractivity contribution in [3.63, 3.8) is 0 Å². The van der Waals surface area contributed by atoms with Gasteiger partial charge in [-0.05, 0) is 37.3 Å². The van der Waals surface area contributed by atoms with Crippen LogP contribution in [0.4, 0.5) is 4.39 Å². The van der Waals surface area contributed by atoms with Crippen LogP contribution in [0.15, 0.2) is 18.2 Å². The summed E-state index contributed by atoms with van der Waals surface area (Å²) in [5, 5.41) is 0.0610. The Morgan fingerprint density at radius 3 is 2.76 bits per heavy atom. The smallest absolute Gasteiger partial charge is 0.166 e. The van der Waals surface area contributed by atoms with E-state index < -0.39 is 11.9 Å². The number of carbonyl (C=O) groups is 1. The number of halogens is 2. The van der Waals surface area contributed by atoms with Crippen LogP contribution in [-0.4, -0.2) is 18.5 Å².